The zero-order chi connectivity index (χ0) is 18.1. The molecule has 0 aliphatic carbocycles. The Morgan fingerprint density at radius 2 is 2.23 bits per heavy atom. The molecule has 2 aromatic heterocycles. The van der Waals surface area contributed by atoms with E-state index in [4.69, 9.17) is 21.1 Å². The van der Waals surface area contributed by atoms with E-state index < -0.39 is 5.54 Å². The number of morpholine rings is 1. The van der Waals surface area contributed by atoms with Crippen LogP contribution >= 0.6 is 23.4 Å². The monoisotopic (exact) mass is 397 g/mol. The highest BCUT2D eigenvalue weighted by molar-refractivity contribution is 7.99. The molecule has 0 radical (unpaired) electrons. The van der Waals surface area contributed by atoms with Crippen molar-refractivity contribution in [3.63, 3.8) is 0 Å². The van der Waals surface area contributed by atoms with Gasteiger partial charge in [-0.2, -0.15) is 21.7 Å². The summed E-state index contributed by atoms with van der Waals surface area (Å²) in [6.07, 6.45) is 2.35. The molecule has 0 spiro atoms. The quantitative estimate of drug-likeness (QED) is 0.569. The van der Waals surface area contributed by atoms with Crippen LogP contribution in [0.5, 0.6) is 0 Å². The Morgan fingerprint density at radius 3 is 2.92 bits per heavy atom. The SMILES string of the molecule is CCOC(=O)C1(n2cnc3c(N4CCOCC4)nc(Cl)nc32)CCSC1. The van der Waals surface area contributed by atoms with Crippen molar-refractivity contribution >= 4 is 46.3 Å². The van der Waals surface area contributed by atoms with Crippen LogP contribution in [0.25, 0.3) is 11.2 Å². The average Bonchev–Trinajstić information content (AvgIpc) is 3.29. The number of ether oxygens (including phenoxy) is 2. The molecular formula is C16H20ClN5O3S. The third-order valence-corrected chi connectivity index (χ3v) is 6.12. The molecule has 140 valence electrons. The summed E-state index contributed by atoms with van der Waals surface area (Å²) < 4.78 is 12.6. The van der Waals surface area contributed by atoms with Crippen LogP contribution in [-0.2, 0) is 19.8 Å². The molecule has 0 bridgehead atoms. The third kappa shape index (κ3) is 2.91. The second-order valence-corrected chi connectivity index (χ2v) is 7.70. The van der Waals surface area contributed by atoms with Gasteiger partial charge in [-0.15, -0.1) is 0 Å². The highest BCUT2D eigenvalue weighted by Gasteiger charge is 2.46. The number of anilines is 1. The van der Waals surface area contributed by atoms with Gasteiger partial charge in [0, 0.05) is 18.8 Å². The predicted molar refractivity (Wildman–Crippen MR) is 99.9 cm³/mol. The molecule has 1 atom stereocenters. The molecule has 2 aromatic rings. The fraction of sp³-hybridized carbons (Fsp3) is 0.625. The van der Waals surface area contributed by atoms with Gasteiger partial charge in [-0.25, -0.2) is 9.78 Å². The van der Waals surface area contributed by atoms with Gasteiger partial charge in [-0.05, 0) is 30.7 Å². The van der Waals surface area contributed by atoms with Gasteiger partial charge in [-0.3, -0.25) is 4.57 Å². The number of carbonyl (C=O) groups is 1. The number of hydrogen-bond donors (Lipinski definition) is 0. The van der Waals surface area contributed by atoms with Gasteiger partial charge in [0.2, 0.25) is 5.28 Å². The van der Waals surface area contributed by atoms with Crippen LogP contribution in [0.2, 0.25) is 5.28 Å². The van der Waals surface area contributed by atoms with Crippen LogP contribution in [0.3, 0.4) is 0 Å². The first-order valence-corrected chi connectivity index (χ1v) is 10.2. The second-order valence-electron chi connectivity index (χ2n) is 6.26. The maximum atomic E-state index is 12.8. The van der Waals surface area contributed by atoms with Crippen molar-refractivity contribution in [3.8, 4) is 0 Å². The molecule has 2 aliphatic heterocycles. The van der Waals surface area contributed by atoms with Crippen molar-refractivity contribution in [2.45, 2.75) is 18.9 Å². The van der Waals surface area contributed by atoms with Crippen molar-refractivity contribution < 1.29 is 14.3 Å². The van der Waals surface area contributed by atoms with Crippen molar-refractivity contribution in [2.75, 3.05) is 49.3 Å². The lowest BCUT2D eigenvalue weighted by Crippen LogP contribution is -2.43. The van der Waals surface area contributed by atoms with Crippen LogP contribution in [0, 0.1) is 0 Å². The predicted octanol–water partition coefficient (Wildman–Crippen LogP) is 1.71. The summed E-state index contributed by atoms with van der Waals surface area (Å²) >= 11 is 7.95. The normalized spacial score (nSPS) is 23.5. The summed E-state index contributed by atoms with van der Waals surface area (Å²) in [5, 5.41) is 0.144. The lowest BCUT2D eigenvalue weighted by Gasteiger charge is -2.29. The van der Waals surface area contributed by atoms with Gasteiger partial charge in [0.15, 0.2) is 22.5 Å². The highest BCUT2D eigenvalue weighted by Crippen LogP contribution is 2.39. The van der Waals surface area contributed by atoms with Gasteiger partial charge in [-0.1, -0.05) is 0 Å². The van der Waals surface area contributed by atoms with E-state index in [2.05, 4.69) is 19.9 Å². The number of aromatic nitrogens is 4. The lowest BCUT2D eigenvalue weighted by molar-refractivity contribution is -0.152. The summed E-state index contributed by atoms with van der Waals surface area (Å²) in [6, 6.07) is 0. The molecule has 8 nitrogen and oxygen atoms in total. The average molecular weight is 398 g/mol. The fourth-order valence-electron chi connectivity index (χ4n) is 3.44. The Hall–Kier alpha value is -1.58. The van der Waals surface area contributed by atoms with Crippen molar-refractivity contribution in [1.82, 2.24) is 19.5 Å². The third-order valence-electron chi connectivity index (χ3n) is 4.78. The number of imidazole rings is 1. The molecule has 2 aliphatic rings. The van der Waals surface area contributed by atoms with Gasteiger partial charge >= 0.3 is 5.97 Å². The standard InChI is InChI=1S/C16H20ClN5O3S/c1-2-25-14(23)16(3-8-26-9-16)22-10-18-11-12(19-15(17)20-13(11)22)21-4-6-24-7-5-21/h10H,2-9H2,1H3. The van der Waals surface area contributed by atoms with Crippen molar-refractivity contribution in [1.29, 1.82) is 0 Å². The maximum Gasteiger partial charge on any atom is 0.333 e. The van der Waals surface area contributed by atoms with Gasteiger partial charge in [0.1, 0.15) is 0 Å². The van der Waals surface area contributed by atoms with E-state index in [1.54, 1.807) is 18.1 Å². The zero-order valence-corrected chi connectivity index (χ0v) is 16.1. The summed E-state index contributed by atoms with van der Waals surface area (Å²) in [7, 11) is 0. The Balaban J connectivity index is 1.83. The van der Waals surface area contributed by atoms with Crippen LogP contribution in [-0.4, -0.2) is 69.9 Å². The van der Waals surface area contributed by atoms with E-state index in [-0.39, 0.29) is 11.3 Å². The number of esters is 1. The first-order valence-electron chi connectivity index (χ1n) is 8.64. The zero-order valence-electron chi connectivity index (χ0n) is 14.5. The molecule has 2 saturated heterocycles. The second kappa shape index (κ2) is 7.21. The summed E-state index contributed by atoms with van der Waals surface area (Å²) in [4.78, 5) is 28.2. The Morgan fingerprint density at radius 1 is 1.42 bits per heavy atom. The first kappa shape index (κ1) is 17.8. The minimum atomic E-state index is -0.796. The topological polar surface area (TPSA) is 82.4 Å². The van der Waals surface area contributed by atoms with Gasteiger partial charge in [0.05, 0.1) is 26.1 Å². The fourth-order valence-corrected chi connectivity index (χ4v) is 4.96. The number of fused-ring (bicyclic) bond motifs is 1. The number of carbonyl (C=O) groups excluding carboxylic acids is 1. The molecule has 0 amide bonds. The molecule has 0 saturated carbocycles. The van der Waals surface area contributed by atoms with E-state index in [1.165, 1.54) is 0 Å². The minimum absolute atomic E-state index is 0.144. The number of thioether (sulfide) groups is 1. The molecule has 26 heavy (non-hydrogen) atoms. The van der Waals surface area contributed by atoms with E-state index in [9.17, 15) is 4.79 Å². The lowest BCUT2D eigenvalue weighted by atomic mass is 9.99. The molecule has 0 N–H and O–H groups in total. The highest BCUT2D eigenvalue weighted by atomic mass is 35.5. The van der Waals surface area contributed by atoms with E-state index in [0.29, 0.717) is 62.1 Å². The van der Waals surface area contributed by atoms with Crippen LogP contribution in [0.1, 0.15) is 13.3 Å². The van der Waals surface area contributed by atoms with Gasteiger partial charge in [0.25, 0.3) is 0 Å². The minimum Gasteiger partial charge on any atom is -0.464 e. The number of halogens is 1. The Bertz CT molecular complexity index is 818. The van der Waals surface area contributed by atoms with Crippen LogP contribution in [0.4, 0.5) is 5.82 Å². The molecule has 10 heteroatoms. The molecule has 4 heterocycles. The molecular weight excluding hydrogens is 378 g/mol. The van der Waals surface area contributed by atoms with Crippen LogP contribution < -0.4 is 4.90 Å². The molecule has 0 aromatic carbocycles. The Kier molecular flexibility index (Phi) is 4.94. The maximum absolute atomic E-state index is 12.8. The molecule has 4 rings (SSSR count). The number of nitrogens with zero attached hydrogens (tertiary/aromatic N) is 5. The van der Waals surface area contributed by atoms with E-state index in [0.717, 1.165) is 5.75 Å². The largest absolute Gasteiger partial charge is 0.464 e. The van der Waals surface area contributed by atoms with E-state index in [1.807, 2.05) is 11.5 Å². The Labute approximate surface area is 160 Å². The molecule has 1 unspecified atom stereocenters. The van der Waals surface area contributed by atoms with Crippen molar-refractivity contribution in [2.24, 2.45) is 0 Å². The molecule has 2 fully saturated rings. The number of hydrogen-bond acceptors (Lipinski definition) is 8. The smallest absolute Gasteiger partial charge is 0.333 e. The van der Waals surface area contributed by atoms with Crippen molar-refractivity contribution in [3.05, 3.63) is 11.6 Å². The van der Waals surface area contributed by atoms with E-state index >= 15 is 0 Å². The van der Waals surface area contributed by atoms with Gasteiger partial charge < -0.3 is 14.4 Å². The number of rotatable bonds is 4. The summed E-state index contributed by atoms with van der Waals surface area (Å²) in [6.45, 7) is 4.85. The summed E-state index contributed by atoms with van der Waals surface area (Å²) in [5.74, 6) is 1.96. The summed E-state index contributed by atoms with van der Waals surface area (Å²) in [5.41, 5.74) is 0.425. The van der Waals surface area contributed by atoms with Crippen LogP contribution in [0.15, 0.2) is 6.33 Å². The first-order chi connectivity index (χ1) is 12.7.